The molecule has 0 aliphatic rings. The molecule has 0 radical (unpaired) electrons. The number of furan rings is 1. The van der Waals surface area contributed by atoms with Crippen molar-refractivity contribution in [1.29, 1.82) is 0 Å². The number of aromatic nitrogens is 1. The fourth-order valence-corrected chi connectivity index (χ4v) is 3.58. The molecule has 7 heteroatoms. The molecule has 2 amide bonds. The van der Waals surface area contributed by atoms with Gasteiger partial charge in [0.25, 0.3) is 11.8 Å². The third-order valence-corrected chi connectivity index (χ3v) is 5.31. The molecule has 0 fully saturated rings. The Morgan fingerprint density at radius 1 is 1.06 bits per heavy atom. The van der Waals surface area contributed by atoms with Gasteiger partial charge in [-0.15, -0.1) is 0 Å². The van der Waals surface area contributed by atoms with Gasteiger partial charge in [-0.05, 0) is 55.5 Å². The molecule has 4 rings (SSSR count). The highest BCUT2D eigenvalue weighted by Gasteiger charge is 2.17. The van der Waals surface area contributed by atoms with Crippen LogP contribution in [0.25, 0.3) is 17.0 Å². The zero-order chi connectivity index (χ0) is 23.2. The van der Waals surface area contributed by atoms with Crippen molar-refractivity contribution in [3.05, 3.63) is 95.7 Å². The fraction of sp³-hybridized carbons (Fsp3) is 0.154. The zero-order valence-electron chi connectivity index (χ0n) is 18.5. The second-order valence-corrected chi connectivity index (χ2v) is 7.39. The predicted molar refractivity (Wildman–Crippen MR) is 127 cm³/mol. The van der Waals surface area contributed by atoms with Gasteiger partial charge in [0.05, 0.1) is 19.9 Å². The highest BCUT2D eigenvalue weighted by atomic mass is 16.5. The third-order valence-electron chi connectivity index (χ3n) is 5.31. The molecule has 2 aromatic carbocycles. The summed E-state index contributed by atoms with van der Waals surface area (Å²) in [5.41, 5.74) is 2.45. The first kappa shape index (κ1) is 22.0. The summed E-state index contributed by atoms with van der Waals surface area (Å²) in [6, 6.07) is 18.2. The van der Waals surface area contributed by atoms with E-state index in [-0.39, 0.29) is 12.2 Å². The lowest BCUT2D eigenvalue weighted by Gasteiger charge is -2.11. The average Bonchev–Trinajstić information content (AvgIpc) is 3.50. The number of hydrogen-bond acceptors (Lipinski definition) is 4. The number of rotatable bonds is 8. The molecule has 0 saturated heterocycles. The minimum absolute atomic E-state index is 0.140. The molecule has 0 saturated carbocycles. The van der Waals surface area contributed by atoms with E-state index in [4.69, 9.17) is 9.15 Å². The highest BCUT2D eigenvalue weighted by Crippen LogP contribution is 2.23. The maximum absolute atomic E-state index is 13.1. The number of aryl methyl sites for hydroxylation is 1. The van der Waals surface area contributed by atoms with E-state index >= 15 is 0 Å². The molecule has 2 heterocycles. The summed E-state index contributed by atoms with van der Waals surface area (Å²) >= 11 is 0. The van der Waals surface area contributed by atoms with E-state index in [0.717, 1.165) is 23.0 Å². The number of fused-ring (bicyclic) bond motifs is 1. The molecule has 0 aliphatic carbocycles. The number of carbonyl (C=O) groups excluding carboxylic acids is 2. The number of methoxy groups -OCH3 is 1. The largest absolute Gasteiger partial charge is 0.497 e. The van der Waals surface area contributed by atoms with E-state index in [9.17, 15) is 9.59 Å². The number of hydrogen-bond donors (Lipinski definition) is 2. The normalized spacial score (nSPS) is 11.4. The lowest BCUT2D eigenvalue weighted by atomic mass is 10.1. The summed E-state index contributed by atoms with van der Waals surface area (Å²) in [6.45, 7) is 3.05. The van der Waals surface area contributed by atoms with Gasteiger partial charge < -0.3 is 24.4 Å². The molecular formula is C26H25N3O4. The van der Waals surface area contributed by atoms with Crippen molar-refractivity contribution in [3.63, 3.8) is 0 Å². The van der Waals surface area contributed by atoms with Crippen LogP contribution in [0.4, 0.5) is 0 Å². The second-order valence-electron chi connectivity index (χ2n) is 7.39. The van der Waals surface area contributed by atoms with Gasteiger partial charge in [0, 0.05) is 34.8 Å². The fourth-order valence-electron chi connectivity index (χ4n) is 3.58. The van der Waals surface area contributed by atoms with Gasteiger partial charge in [-0.25, -0.2) is 0 Å². The summed E-state index contributed by atoms with van der Waals surface area (Å²) in [6.07, 6.45) is 5.22. The summed E-state index contributed by atoms with van der Waals surface area (Å²) in [7, 11) is 1.56. The molecule has 0 unspecified atom stereocenters. The Labute approximate surface area is 191 Å². The van der Waals surface area contributed by atoms with Crippen LogP contribution in [0.1, 0.15) is 28.6 Å². The Kier molecular flexibility index (Phi) is 6.59. The number of carbonyl (C=O) groups is 2. The third kappa shape index (κ3) is 4.98. The smallest absolute Gasteiger partial charge is 0.268 e. The van der Waals surface area contributed by atoms with Crippen LogP contribution in [0.15, 0.2) is 83.2 Å². The Morgan fingerprint density at radius 2 is 1.85 bits per heavy atom. The Balaban J connectivity index is 1.66. The van der Waals surface area contributed by atoms with E-state index in [0.29, 0.717) is 17.1 Å². The molecule has 7 nitrogen and oxygen atoms in total. The Bertz CT molecular complexity index is 1290. The summed E-state index contributed by atoms with van der Waals surface area (Å²) in [5, 5.41) is 6.57. The van der Waals surface area contributed by atoms with Crippen LogP contribution in [0.2, 0.25) is 0 Å². The Hall–Kier alpha value is -4.26. The summed E-state index contributed by atoms with van der Waals surface area (Å²) < 4.78 is 12.5. The maximum Gasteiger partial charge on any atom is 0.268 e. The number of benzene rings is 2. The molecular weight excluding hydrogens is 418 g/mol. The molecule has 2 N–H and O–H groups in total. The number of ether oxygens (including phenoxy) is 1. The van der Waals surface area contributed by atoms with E-state index in [1.165, 1.54) is 0 Å². The second kappa shape index (κ2) is 9.91. The molecule has 2 aromatic heterocycles. The van der Waals surface area contributed by atoms with Crippen LogP contribution >= 0.6 is 0 Å². The minimum Gasteiger partial charge on any atom is -0.497 e. The molecule has 0 spiro atoms. The molecule has 33 heavy (non-hydrogen) atoms. The van der Waals surface area contributed by atoms with E-state index in [1.54, 1.807) is 55.8 Å². The number of amides is 2. The van der Waals surface area contributed by atoms with Crippen molar-refractivity contribution in [3.8, 4) is 5.75 Å². The molecule has 4 aromatic rings. The van der Waals surface area contributed by atoms with Crippen LogP contribution in [0.5, 0.6) is 5.75 Å². The molecule has 168 valence electrons. The quantitative estimate of drug-likeness (QED) is 0.397. The first-order valence-corrected chi connectivity index (χ1v) is 10.6. The van der Waals surface area contributed by atoms with Crippen molar-refractivity contribution < 1.29 is 18.7 Å². The number of nitrogens with zero attached hydrogens (tertiary/aromatic N) is 1. The topological polar surface area (TPSA) is 85.5 Å². The van der Waals surface area contributed by atoms with Crippen LogP contribution in [0, 0.1) is 0 Å². The van der Waals surface area contributed by atoms with Gasteiger partial charge in [0.2, 0.25) is 0 Å². The van der Waals surface area contributed by atoms with Crippen molar-refractivity contribution in [2.45, 2.75) is 20.0 Å². The van der Waals surface area contributed by atoms with Crippen LogP contribution in [0.3, 0.4) is 0 Å². The lowest BCUT2D eigenvalue weighted by molar-refractivity contribution is -0.118. The molecule has 0 atom stereocenters. The molecule has 0 aliphatic heterocycles. The summed E-state index contributed by atoms with van der Waals surface area (Å²) in [4.78, 5) is 26.0. The van der Waals surface area contributed by atoms with Gasteiger partial charge in [-0.1, -0.05) is 18.2 Å². The van der Waals surface area contributed by atoms with Crippen molar-refractivity contribution in [1.82, 2.24) is 15.2 Å². The van der Waals surface area contributed by atoms with E-state index in [1.807, 2.05) is 30.5 Å². The Morgan fingerprint density at radius 3 is 2.55 bits per heavy atom. The maximum atomic E-state index is 13.1. The van der Waals surface area contributed by atoms with Gasteiger partial charge >= 0.3 is 0 Å². The van der Waals surface area contributed by atoms with Crippen molar-refractivity contribution in [2.75, 3.05) is 7.11 Å². The number of nitrogens with one attached hydrogen (secondary N) is 2. The number of para-hydroxylation sites is 1. The monoisotopic (exact) mass is 443 g/mol. The average molecular weight is 444 g/mol. The van der Waals surface area contributed by atoms with E-state index in [2.05, 4.69) is 22.1 Å². The minimum atomic E-state index is -0.415. The SMILES string of the molecule is CCn1cc(/C=C(\NC(=O)c2ccc(OC)cc2)C(=O)NCc2ccco2)c2ccccc21. The highest BCUT2D eigenvalue weighted by molar-refractivity contribution is 6.06. The van der Waals surface area contributed by atoms with Crippen LogP contribution in [-0.2, 0) is 17.9 Å². The first-order chi connectivity index (χ1) is 16.1. The van der Waals surface area contributed by atoms with E-state index < -0.39 is 11.8 Å². The van der Waals surface area contributed by atoms with Crippen molar-refractivity contribution in [2.24, 2.45) is 0 Å². The lowest BCUT2D eigenvalue weighted by Crippen LogP contribution is -2.34. The van der Waals surface area contributed by atoms with Gasteiger partial charge in [0.1, 0.15) is 17.2 Å². The first-order valence-electron chi connectivity index (χ1n) is 10.6. The van der Waals surface area contributed by atoms with Gasteiger partial charge in [-0.2, -0.15) is 0 Å². The van der Waals surface area contributed by atoms with Crippen LogP contribution in [-0.4, -0.2) is 23.5 Å². The predicted octanol–water partition coefficient (Wildman–Crippen LogP) is 4.35. The standard InChI is InChI=1S/C26H25N3O4/c1-3-29-17-19(22-8-4-5-9-24(22)29)15-23(26(31)27-16-21-7-6-14-33-21)28-25(30)18-10-12-20(32-2)13-11-18/h4-15,17H,3,16H2,1-2H3,(H,27,31)(H,28,30)/b23-15-. The van der Waals surface area contributed by atoms with Crippen LogP contribution < -0.4 is 15.4 Å². The van der Waals surface area contributed by atoms with Gasteiger partial charge in [0.15, 0.2) is 0 Å². The zero-order valence-corrected chi connectivity index (χ0v) is 18.5. The summed E-state index contributed by atoms with van der Waals surface area (Å²) in [5.74, 6) is 0.454. The van der Waals surface area contributed by atoms with Crippen molar-refractivity contribution >= 4 is 28.8 Å². The molecule has 0 bridgehead atoms. The van der Waals surface area contributed by atoms with Gasteiger partial charge in [-0.3, -0.25) is 9.59 Å².